The molecule has 0 radical (unpaired) electrons. The lowest BCUT2D eigenvalue weighted by Gasteiger charge is -2.34. The number of morpholine rings is 1. The Kier molecular flexibility index (Phi) is 9.09. The van der Waals surface area contributed by atoms with Gasteiger partial charge >= 0.3 is 0 Å². The van der Waals surface area contributed by atoms with Gasteiger partial charge in [0.25, 0.3) is 0 Å². The van der Waals surface area contributed by atoms with Crippen LogP contribution in [-0.4, -0.2) is 78.1 Å². The molecule has 1 aromatic carbocycles. The number of hydrogen-bond acceptors (Lipinski definition) is 7. The Morgan fingerprint density at radius 1 is 1.08 bits per heavy atom. The third-order valence-corrected chi connectivity index (χ3v) is 9.44. The first kappa shape index (κ1) is 27.2. The molecule has 9 heteroatoms. The van der Waals surface area contributed by atoms with Gasteiger partial charge in [-0.05, 0) is 49.7 Å². The number of carbonyl (C=O) groups excluding carboxylic acids is 2. The van der Waals surface area contributed by atoms with Gasteiger partial charge in [0.1, 0.15) is 6.04 Å². The topological polar surface area (TPSA) is 101 Å². The number of benzene rings is 1. The van der Waals surface area contributed by atoms with Crippen molar-refractivity contribution in [2.75, 3.05) is 39.4 Å². The SMILES string of the molecule is Cc1ncsc1-c1ccc(C(CN2CCOCC2)NC(=O)C2CCCN2C(=O)C(N)C2CCCCC2)cc1. The predicted octanol–water partition coefficient (Wildman–Crippen LogP) is 3.51. The fourth-order valence-corrected chi connectivity index (χ4v) is 6.99. The van der Waals surface area contributed by atoms with E-state index in [2.05, 4.69) is 39.5 Å². The van der Waals surface area contributed by atoms with Crippen molar-refractivity contribution in [3.8, 4) is 10.4 Å². The molecule has 2 aliphatic heterocycles. The van der Waals surface area contributed by atoms with E-state index in [0.29, 0.717) is 32.7 Å². The number of nitrogens with one attached hydrogen (secondary N) is 1. The number of amides is 2. The van der Waals surface area contributed by atoms with E-state index in [1.54, 1.807) is 16.2 Å². The normalized spacial score (nSPS) is 22.8. The van der Waals surface area contributed by atoms with E-state index in [0.717, 1.165) is 62.0 Å². The summed E-state index contributed by atoms with van der Waals surface area (Å²) in [5, 5.41) is 3.33. The largest absolute Gasteiger partial charge is 0.379 e. The lowest BCUT2D eigenvalue weighted by atomic mass is 9.83. The van der Waals surface area contributed by atoms with Gasteiger partial charge in [0.2, 0.25) is 11.8 Å². The summed E-state index contributed by atoms with van der Waals surface area (Å²) >= 11 is 1.64. The lowest BCUT2D eigenvalue weighted by Crippen LogP contribution is -2.54. The predicted molar refractivity (Wildman–Crippen MR) is 150 cm³/mol. The third-order valence-electron chi connectivity index (χ3n) is 8.46. The molecule has 3 atom stereocenters. The van der Waals surface area contributed by atoms with Crippen LogP contribution in [0.4, 0.5) is 0 Å². The van der Waals surface area contributed by atoms with E-state index in [9.17, 15) is 9.59 Å². The van der Waals surface area contributed by atoms with Gasteiger partial charge in [-0.2, -0.15) is 0 Å². The summed E-state index contributed by atoms with van der Waals surface area (Å²) in [5.41, 5.74) is 11.6. The molecule has 2 amide bonds. The van der Waals surface area contributed by atoms with Crippen molar-refractivity contribution in [1.82, 2.24) is 20.1 Å². The van der Waals surface area contributed by atoms with E-state index < -0.39 is 12.1 Å². The molecule has 3 unspecified atom stereocenters. The van der Waals surface area contributed by atoms with Crippen LogP contribution in [0.25, 0.3) is 10.4 Å². The quantitative estimate of drug-likeness (QED) is 0.533. The zero-order chi connectivity index (χ0) is 26.5. The maximum absolute atomic E-state index is 13.7. The number of hydrogen-bond donors (Lipinski definition) is 2. The molecule has 5 rings (SSSR count). The third kappa shape index (κ3) is 6.28. The molecule has 206 valence electrons. The fourth-order valence-electron chi connectivity index (χ4n) is 6.18. The molecule has 38 heavy (non-hydrogen) atoms. The highest BCUT2D eigenvalue weighted by Crippen LogP contribution is 2.30. The number of likely N-dealkylation sites (tertiary alicyclic amines) is 1. The van der Waals surface area contributed by atoms with Gasteiger partial charge in [-0.1, -0.05) is 43.5 Å². The van der Waals surface area contributed by atoms with Gasteiger partial charge in [-0.25, -0.2) is 4.98 Å². The van der Waals surface area contributed by atoms with Crippen molar-refractivity contribution >= 4 is 23.2 Å². The second-order valence-electron chi connectivity index (χ2n) is 11.0. The molecule has 3 fully saturated rings. The van der Waals surface area contributed by atoms with Crippen molar-refractivity contribution in [3.63, 3.8) is 0 Å². The number of carbonyl (C=O) groups is 2. The molecule has 8 nitrogen and oxygen atoms in total. The number of rotatable bonds is 8. The van der Waals surface area contributed by atoms with E-state index in [1.165, 1.54) is 11.3 Å². The molecule has 3 aliphatic rings. The minimum Gasteiger partial charge on any atom is -0.379 e. The number of aryl methyl sites for hydroxylation is 1. The first-order valence-electron chi connectivity index (χ1n) is 14.2. The number of aromatic nitrogens is 1. The van der Waals surface area contributed by atoms with E-state index >= 15 is 0 Å². The Bertz CT molecular complexity index is 1080. The molecular formula is C29H41N5O3S. The smallest absolute Gasteiger partial charge is 0.243 e. The molecule has 3 heterocycles. The van der Waals surface area contributed by atoms with Crippen LogP contribution in [0.1, 0.15) is 62.2 Å². The summed E-state index contributed by atoms with van der Waals surface area (Å²) in [7, 11) is 0. The second-order valence-corrected chi connectivity index (χ2v) is 11.8. The summed E-state index contributed by atoms with van der Waals surface area (Å²) in [5.74, 6) is 0.103. The highest BCUT2D eigenvalue weighted by Gasteiger charge is 2.39. The second kappa shape index (κ2) is 12.7. The van der Waals surface area contributed by atoms with Crippen molar-refractivity contribution in [2.24, 2.45) is 11.7 Å². The highest BCUT2D eigenvalue weighted by molar-refractivity contribution is 7.13. The number of nitrogens with two attached hydrogens (primary N) is 1. The summed E-state index contributed by atoms with van der Waals surface area (Å²) < 4.78 is 5.54. The highest BCUT2D eigenvalue weighted by atomic mass is 32.1. The van der Waals surface area contributed by atoms with Crippen molar-refractivity contribution in [2.45, 2.75) is 70.0 Å². The van der Waals surface area contributed by atoms with Crippen molar-refractivity contribution in [1.29, 1.82) is 0 Å². The maximum Gasteiger partial charge on any atom is 0.243 e. The summed E-state index contributed by atoms with van der Waals surface area (Å²) in [6.45, 7) is 6.42. The zero-order valence-electron chi connectivity index (χ0n) is 22.4. The molecule has 1 aliphatic carbocycles. The first-order valence-corrected chi connectivity index (χ1v) is 15.1. The van der Waals surface area contributed by atoms with Crippen LogP contribution in [-0.2, 0) is 14.3 Å². The molecule has 1 saturated carbocycles. The minimum absolute atomic E-state index is 0.0523. The Morgan fingerprint density at radius 2 is 1.82 bits per heavy atom. The van der Waals surface area contributed by atoms with E-state index in [-0.39, 0.29) is 23.8 Å². The van der Waals surface area contributed by atoms with E-state index in [4.69, 9.17) is 10.5 Å². The van der Waals surface area contributed by atoms with Gasteiger partial charge in [-0.15, -0.1) is 11.3 Å². The van der Waals surface area contributed by atoms with Gasteiger partial charge in [-0.3, -0.25) is 14.5 Å². The molecule has 3 N–H and O–H groups in total. The van der Waals surface area contributed by atoms with Crippen LogP contribution < -0.4 is 11.1 Å². The summed E-state index contributed by atoms with van der Waals surface area (Å²) in [6.07, 6.45) is 7.04. The van der Waals surface area contributed by atoms with Gasteiger partial charge in [0.15, 0.2) is 0 Å². The maximum atomic E-state index is 13.7. The summed E-state index contributed by atoms with van der Waals surface area (Å²) in [4.78, 5) is 36.7. The Hall–Kier alpha value is -2.33. The van der Waals surface area contributed by atoms with Gasteiger partial charge < -0.3 is 20.7 Å². The van der Waals surface area contributed by atoms with Crippen molar-refractivity contribution in [3.05, 3.63) is 41.0 Å². The Morgan fingerprint density at radius 3 is 2.50 bits per heavy atom. The lowest BCUT2D eigenvalue weighted by molar-refractivity contribution is -0.140. The number of thiazole rings is 1. The molecule has 2 aromatic rings. The monoisotopic (exact) mass is 539 g/mol. The fraction of sp³-hybridized carbons (Fsp3) is 0.621. The van der Waals surface area contributed by atoms with Crippen LogP contribution in [0.15, 0.2) is 29.8 Å². The van der Waals surface area contributed by atoms with Crippen LogP contribution in [0.2, 0.25) is 0 Å². The zero-order valence-corrected chi connectivity index (χ0v) is 23.3. The van der Waals surface area contributed by atoms with Gasteiger partial charge in [0.05, 0.1) is 41.4 Å². The number of nitrogens with zero attached hydrogens (tertiary/aromatic N) is 3. The minimum atomic E-state index is -0.504. The molecule has 1 aromatic heterocycles. The Labute approximate surface area is 229 Å². The molecular weight excluding hydrogens is 498 g/mol. The van der Waals surface area contributed by atoms with Crippen LogP contribution >= 0.6 is 11.3 Å². The average molecular weight is 540 g/mol. The molecule has 2 saturated heterocycles. The van der Waals surface area contributed by atoms with Crippen LogP contribution in [0.3, 0.4) is 0 Å². The van der Waals surface area contributed by atoms with Crippen molar-refractivity contribution < 1.29 is 14.3 Å². The first-order chi connectivity index (χ1) is 18.5. The number of ether oxygens (including phenoxy) is 1. The summed E-state index contributed by atoms with van der Waals surface area (Å²) in [6, 6.07) is 7.31. The Balaban J connectivity index is 1.30. The standard InChI is InChI=1S/C29H41N5O3S/c1-20-27(38-19-31-20)23-11-9-21(10-12-23)24(18-33-14-16-37-17-15-33)32-28(35)25-8-5-13-34(25)29(36)26(30)22-6-3-2-4-7-22/h9-12,19,22,24-26H,2-8,13-18,30H2,1H3,(H,32,35). The van der Waals surface area contributed by atoms with Gasteiger partial charge in [0, 0.05) is 26.2 Å². The average Bonchev–Trinajstić information content (AvgIpc) is 3.62. The molecule has 0 bridgehead atoms. The van der Waals surface area contributed by atoms with Crippen LogP contribution in [0.5, 0.6) is 0 Å². The molecule has 0 spiro atoms. The van der Waals surface area contributed by atoms with E-state index in [1.807, 2.05) is 12.4 Å². The van der Waals surface area contributed by atoms with Crippen LogP contribution in [0, 0.1) is 12.8 Å².